The van der Waals surface area contributed by atoms with E-state index in [4.69, 9.17) is 5.73 Å². The maximum absolute atomic E-state index is 6.05. The number of nitrogens with two attached hydrogens (primary N) is 1. The molecule has 3 rings (SSSR count). The second-order valence-electron chi connectivity index (χ2n) is 4.73. The predicted octanol–water partition coefficient (Wildman–Crippen LogP) is 1.20. The van der Waals surface area contributed by atoms with Gasteiger partial charge in [0.05, 0.1) is 6.04 Å². The van der Waals surface area contributed by atoms with E-state index in [0.29, 0.717) is 11.8 Å². The van der Waals surface area contributed by atoms with Crippen LogP contribution in [-0.2, 0) is 6.54 Å². The minimum Gasteiger partial charge on any atom is -0.321 e. The first-order chi connectivity index (χ1) is 6.74. The highest BCUT2D eigenvalue weighted by molar-refractivity contribution is 5.09. The van der Waals surface area contributed by atoms with Gasteiger partial charge < -0.3 is 5.73 Å². The first-order valence-electron chi connectivity index (χ1n) is 5.44. The van der Waals surface area contributed by atoms with Crippen molar-refractivity contribution in [3.63, 3.8) is 0 Å². The molecule has 1 fully saturated rings. The van der Waals surface area contributed by atoms with Gasteiger partial charge in [-0.25, -0.2) is 9.67 Å². The summed E-state index contributed by atoms with van der Waals surface area (Å²) in [5, 5.41) is 4.54. The molecule has 1 aromatic rings. The van der Waals surface area contributed by atoms with Gasteiger partial charge in [0.15, 0.2) is 5.82 Å². The van der Waals surface area contributed by atoms with Crippen molar-refractivity contribution in [2.45, 2.75) is 44.7 Å². The normalized spacial score (nSPS) is 31.6. The standard InChI is InChI=1S/C10H16N4/c1-6-4-8(11)10-12-9(7-2-3-7)13-14(10)5-6/h6-8H,2-5,11H2,1H3. The molecule has 2 unspecified atom stereocenters. The Kier molecular flexibility index (Phi) is 1.68. The fourth-order valence-corrected chi connectivity index (χ4v) is 2.20. The molecule has 1 saturated carbocycles. The fourth-order valence-electron chi connectivity index (χ4n) is 2.20. The predicted molar refractivity (Wildman–Crippen MR) is 52.7 cm³/mol. The van der Waals surface area contributed by atoms with Crippen LogP contribution in [0.4, 0.5) is 0 Å². The average molecular weight is 192 g/mol. The molecule has 1 aromatic heterocycles. The number of rotatable bonds is 1. The minimum absolute atomic E-state index is 0.0961. The van der Waals surface area contributed by atoms with Crippen molar-refractivity contribution in [1.82, 2.24) is 14.8 Å². The van der Waals surface area contributed by atoms with E-state index in [-0.39, 0.29) is 6.04 Å². The Morgan fingerprint density at radius 3 is 2.93 bits per heavy atom. The van der Waals surface area contributed by atoms with Crippen LogP contribution in [0.3, 0.4) is 0 Å². The van der Waals surface area contributed by atoms with Gasteiger partial charge in [-0.2, -0.15) is 5.10 Å². The second kappa shape index (κ2) is 2.79. The summed E-state index contributed by atoms with van der Waals surface area (Å²) in [5.41, 5.74) is 6.05. The molecule has 2 N–H and O–H groups in total. The Balaban J connectivity index is 1.97. The molecular formula is C10H16N4. The van der Waals surface area contributed by atoms with Crippen LogP contribution in [0.25, 0.3) is 0 Å². The number of fused-ring (bicyclic) bond motifs is 1. The lowest BCUT2D eigenvalue weighted by atomic mass is 9.98. The molecule has 0 bridgehead atoms. The maximum atomic E-state index is 6.05. The molecule has 0 amide bonds. The van der Waals surface area contributed by atoms with Crippen molar-refractivity contribution in [2.24, 2.45) is 11.7 Å². The molecule has 76 valence electrons. The maximum Gasteiger partial charge on any atom is 0.154 e. The highest BCUT2D eigenvalue weighted by atomic mass is 15.4. The van der Waals surface area contributed by atoms with Crippen LogP contribution >= 0.6 is 0 Å². The summed E-state index contributed by atoms with van der Waals surface area (Å²) < 4.78 is 2.02. The summed E-state index contributed by atoms with van der Waals surface area (Å²) in [7, 11) is 0. The van der Waals surface area contributed by atoms with E-state index in [1.54, 1.807) is 0 Å². The Morgan fingerprint density at radius 1 is 1.43 bits per heavy atom. The van der Waals surface area contributed by atoms with Crippen LogP contribution in [0.1, 0.15) is 49.8 Å². The summed E-state index contributed by atoms with van der Waals surface area (Å²) in [6, 6.07) is 0.0961. The van der Waals surface area contributed by atoms with Crippen molar-refractivity contribution in [1.29, 1.82) is 0 Å². The van der Waals surface area contributed by atoms with Crippen LogP contribution in [0, 0.1) is 5.92 Å². The molecule has 0 aromatic carbocycles. The molecule has 0 saturated heterocycles. The monoisotopic (exact) mass is 192 g/mol. The third-order valence-electron chi connectivity index (χ3n) is 3.13. The Hall–Kier alpha value is -0.900. The second-order valence-corrected chi connectivity index (χ2v) is 4.73. The van der Waals surface area contributed by atoms with Gasteiger partial charge in [0, 0.05) is 12.5 Å². The lowest BCUT2D eigenvalue weighted by Gasteiger charge is -2.23. The summed E-state index contributed by atoms with van der Waals surface area (Å²) in [6.45, 7) is 3.21. The van der Waals surface area contributed by atoms with Crippen LogP contribution < -0.4 is 5.73 Å². The van der Waals surface area contributed by atoms with Gasteiger partial charge in [-0.05, 0) is 25.2 Å². The van der Waals surface area contributed by atoms with Crippen LogP contribution in [0.5, 0.6) is 0 Å². The Morgan fingerprint density at radius 2 is 2.21 bits per heavy atom. The van der Waals surface area contributed by atoms with E-state index >= 15 is 0 Å². The molecule has 0 radical (unpaired) electrons. The van der Waals surface area contributed by atoms with Crippen molar-refractivity contribution < 1.29 is 0 Å². The highest BCUT2D eigenvalue weighted by Gasteiger charge is 2.32. The van der Waals surface area contributed by atoms with Gasteiger partial charge in [0.25, 0.3) is 0 Å². The summed E-state index contributed by atoms with van der Waals surface area (Å²) >= 11 is 0. The van der Waals surface area contributed by atoms with Crippen LogP contribution in [-0.4, -0.2) is 14.8 Å². The van der Waals surface area contributed by atoms with Gasteiger partial charge in [0.1, 0.15) is 5.82 Å². The Bertz CT molecular complexity index is 353. The van der Waals surface area contributed by atoms with Gasteiger partial charge in [0.2, 0.25) is 0 Å². The third kappa shape index (κ3) is 1.25. The van der Waals surface area contributed by atoms with E-state index in [2.05, 4.69) is 17.0 Å². The molecule has 2 atom stereocenters. The zero-order valence-corrected chi connectivity index (χ0v) is 8.48. The molecule has 14 heavy (non-hydrogen) atoms. The zero-order chi connectivity index (χ0) is 9.71. The van der Waals surface area contributed by atoms with Crippen molar-refractivity contribution in [2.75, 3.05) is 0 Å². The van der Waals surface area contributed by atoms with Gasteiger partial charge in [-0.3, -0.25) is 0 Å². The third-order valence-corrected chi connectivity index (χ3v) is 3.13. The first-order valence-corrected chi connectivity index (χ1v) is 5.44. The summed E-state index contributed by atoms with van der Waals surface area (Å²) in [4.78, 5) is 4.56. The summed E-state index contributed by atoms with van der Waals surface area (Å²) in [5.74, 6) is 3.30. The molecule has 1 aliphatic carbocycles. The molecule has 1 aliphatic heterocycles. The van der Waals surface area contributed by atoms with Gasteiger partial charge >= 0.3 is 0 Å². The highest BCUT2D eigenvalue weighted by Crippen LogP contribution is 2.39. The van der Waals surface area contributed by atoms with E-state index in [0.717, 1.165) is 24.6 Å². The van der Waals surface area contributed by atoms with Crippen molar-refractivity contribution >= 4 is 0 Å². The molecule has 0 spiro atoms. The quantitative estimate of drug-likeness (QED) is 0.727. The van der Waals surface area contributed by atoms with E-state index in [9.17, 15) is 0 Å². The van der Waals surface area contributed by atoms with E-state index < -0.39 is 0 Å². The molecule has 4 heteroatoms. The van der Waals surface area contributed by atoms with E-state index in [1.807, 2.05) is 4.68 Å². The van der Waals surface area contributed by atoms with Crippen LogP contribution in [0.15, 0.2) is 0 Å². The van der Waals surface area contributed by atoms with E-state index in [1.165, 1.54) is 12.8 Å². The molecule has 4 nitrogen and oxygen atoms in total. The first kappa shape index (κ1) is 8.41. The molecule has 2 aliphatic rings. The Labute approximate surface area is 83.5 Å². The van der Waals surface area contributed by atoms with Crippen molar-refractivity contribution in [3.05, 3.63) is 11.6 Å². The zero-order valence-electron chi connectivity index (χ0n) is 8.48. The number of nitrogens with zero attached hydrogens (tertiary/aromatic N) is 3. The smallest absolute Gasteiger partial charge is 0.154 e. The number of aromatic nitrogens is 3. The van der Waals surface area contributed by atoms with Gasteiger partial charge in [-0.15, -0.1) is 0 Å². The topological polar surface area (TPSA) is 56.7 Å². The molecule has 2 heterocycles. The van der Waals surface area contributed by atoms with Gasteiger partial charge in [-0.1, -0.05) is 6.92 Å². The van der Waals surface area contributed by atoms with Crippen LogP contribution in [0.2, 0.25) is 0 Å². The summed E-state index contributed by atoms with van der Waals surface area (Å²) in [6.07, 6.45) is 3.56. The largest absolute Gasteiger partial charge is 0.321 e. The number of hydrogen-bond donors (Lipinski definition) is 1. The lowest BCUT2D eigenvalue weighted by Crippen LogP contribution is -2.27. The minimum atomic E-state index is 0.0961. The van der Waals surface area contributed by atoms with Crippen molar-refractivity contribution in [3.8, 4) is 0 Å². The average Bonchev–Trinajstić information content (AvgIpc) is 2.87. The fraction of sp³-hybridized carbons (Fsp3) is 0.800. The lowest BCUT2D eigenvalue weighted by molar-refractivity contribution is 0.325. The number of hydrogen-bond acceptors (Lipinski definition) is 3. The SMILES string of the molecule is CC1CC(N)c2nc(C3CC3)nn2C1. The molecular weight excluding hydrogens is 176 g/mol.